The van der Waals surface area contributed by atoms with Gasteiger partial charge in [-0.1, -0.05) is 19.4 Å². The highest BCUT2D eigenvalue weighted by molar-refractivity contribution is 5.97. The van der Waals surface area contributed by atoms with Crippen LogP contribution in [0.25, 0.3) is 0 Å². The predicted molar refractivity (Wildman–Crippen MR) is 103 cm³/mol. The van der Waals surface area contributed by atoms with Gasteiger partial charge in [0.25, 0.3) is 5.91 Å². The van der Waals surface area contributed by atoms with Gasteiger partial charge < -0.3 is 21.3 Å². The quantitative estimate of drug-likeness (QED) is 0.626. The standard InChI is InChI=1S/C18H24N6O2/c1-4-5-9-20-17-15(16(19)26)11-21-18(23-17)22-13-7-6-8-14(10-13)24(3)12(2)25/h6-8,10-11H,4-5,9H2,1-3H3,(H2,19,26)(H2,20,21,22,23). The van der Waals surface area contributed by atoms with Gasteiger partial charge in [-0.05, 0) is 24.6 Å². The number of unbranched alkanes of at least 4 members (excludes halogenated alkanes) is 1. The number of carbonyl (C=O) groups excluding carboxylic acids is 2. The Balaban J connectivity index is 2.23. The van der Waals surface area contributed by atoms with Gasteiger partial charge in [0.1, 0.15) is 5.82 Å². The number of anilines is 4. The van der Waals surface area contributed by atoms with Gasteiger partial charge in [-0.15, -0.1) is 0 Å². The minimum Gasteiger partial charge on any atom is -0.369 e. The molecule has 1 heterocycles. The SMILES string of the molecule is CCCCNc1nc(Nc2cccc(N(C)C(C)=O)c2)ncc1C(N)=O. The summed E-state index contributed by atoms with van der Waals surface area (Å²) in [6.07, 6.45) is 3.37. The van der Waals surface area contributed by atoms with E-state index in [1.165, 1.54) is 13.1 Å². The number of primary amides is 1. The monoisotopic (exact) mass is 356 g/mol. The van der Waals surface area contributed by atoms with Crippen LogP contribution in [0, 0.1) is 0 Å². The van der Waals surface area contributed by atoms with Crippen LogP contribution in [0.5, 0.6) is 0 Å². The van der Waals surface area contributed by atoms with E-state index < -0.39 is 5.91 Å². The fraction of sp³-hybridized carbons (Fsp3) is 0.333. The summed E-state index contributed by atoms with van der Waals surface area (Å²) >= 11 is 0. The van der Waals surface area contributed by atoms with E-state index in [-0.39, 0.29) is 11.5 Å². The number of rotatable bonds is 8. The van der Waals surface area contributed by atoms with Crippen LogP contribution in [0.1, 0.15) is 37.0 Å². The van der Waals surface area contributed by atoms with Crippen molar-refractivity contribution in [3.8, 4) is 0 Å². The molecule has 26 heavy (non-hydrogen) atoms. The maximum absolute atomic E-state index is 11.6. The van der Waals surface area contributed by atoms with E-state index in [9.17, 15) is 9.59 Å². The molecule has 8 heteroatoms. The molecule has 0 saturated heterocycles. The van der Waals surface area contributed by atoms with Crippen LogP contribution in [0.15, 0.2) is 30.5 Å². The molecule has 0 bridgehead atoms. The van der Waals surface area contributed by atoms with Gasteiger partial charge in [-0.25, -0.2) is 4.98 Å². The molecule has 0 unspecified atom stereocenters. The maximum Gasteiger partial charge on any atom is 0.254 e. The Bertz CT molecular complexity index is 793. The lowest BCUT2D eigenvalue weighted by atomic mass is 10.2. The van der Waals surface area contributed by atoms with Gasteiger partial charge in [-0.2, -0.15) is 4.98 Å². The summed E-state index contributed by atoms with van der Waals surface area (Å²) in [6.45, 7) is 4.26. The van der Waals surface area contributed by atoms with Crippen LogP contribution in [0.2, 0.25) is 0 Å². The fourth-order valence-corrected chi connectivity index (χ4v) is 2.24. The topological polar surface area (TPSA) is 113 Å². The van der Waals surface area contributed by atoms with Crippen molar-refractivity contribution in [2.75, 3.05) is 29.1 Å². The highest BCUT2D eigenvalue weighted by Gasteiger charge is 2.12. The molecule has 1 aromatic heterocycles. The summed E-state index contributed by atoms with van der Waals surface area (Å²) in [6, 6.07) is 7.32. The van der Waals surface area contributed by atoms with Crippen molar-refractivity contribution in [3.63, 3.8) is 0 Å². The number of benzene rings is 1. The normalized spacial score (nSPS) is 10.3. The lowest BCUT2D eigenvalue weighted by Gasteiger charge is -2.16. The van der Waals surface area contributed by atoms with E-state index in [0.717, 1.165) is 24.2 Å². The number of nitrogens with one attached hydrogen (secondary N) is 2. The first-order valence-electron chi connectivity index (χ1n) is 8.44. The Morgan fingerprint density at radius 1 is 1.31 bits per heavy atom. The third kappa shape index (κ3) is 4.92. The van der Waals surface area contributed by atoms with Crippen LogP contribution in [-0.2, 0) is 4.79 Å². The Morgan fingerprint density at radius 3 is 2.73 bits per heavy atom. The number of carbonyl (C=O) groups is 2. The summed E-state index contributed by atoms with van der Waals surface area (Å²) in [5, 5.41) is 6.20. The van der Waals surface area contributed by atoms with Crippen LogP contribution in [0.4, 0.5) is 23.1 Å². The second kappa shape index (κ2) is 8.80. The third-order valence-electron chi connectivity index (χ3n) is 3.84. The van der Waals surface area contributed by atoms with E-state index in [1.807, 2.05) is 24.3 Å². The van der Waals surface area contributed by atoms with Gasteiger partial charge in [0.2, 0.25) is 11.9 Å². The largest absolute Gasteiger partial charge is 0.369 e. The van der Waals surface area contributed by atoms with Gasteiger partial charge in [0.05, 0.1) is 5.56 Å². The first kappa shape index (κ1) is 19.2. The second-order valence-electron chi connectivity index (χ2n) is 5.85. The summed E-state index contributed by atoms with van der Waals surface area (Å²) in [5.74, 6) is 0.0873. The average molecular weight is 356 g/mol. The molecule has 0 spiro atoms. The van der Waals surface area contributed by atoms with Gasteiger partial charge in [0, 0.05) is 38.1 Å². The number of amides is 2. The van der Waals surface area contributed by atoms with Crippen molar-refractivity contribution in [2.45, 2.75) is 26.7 Å². The molecule has 0 aliphatic carbocycles. The molecule has 8 nitrogen and oxygen atoms in total. The van der Waals surface area contributed by atoms with Crippen molar-refractivity contribution in [2.24, 2.45) is 5.73 Å². The molecule has 0 aliphatic rings. The molecule has 4 N–H and O–H groups in total. The van der Waals surface area contributed by atoms with Crippen molar-refractivity contribution in [1.82, 2.24) is 9.97 Å². The number of nitrogens with two attached hydrogens (primary N) is 1. The highest BCUT2D eigenvalue weighted by atomic mass is 16.2. The molecule has 2 aromatic rings. The molecule has 0 atom stereocenters. The zero-order chi connectivity index (χ0) is 19.1. The lowest BCUT2D eigenvalue weighted by molar-refractivity contribution is -0.116. The van der Waals surface area contributed by atoms with E-state index in [4.69, 9.17) is 5.73 Å². The van der Waals surface area contributed by atoms with Crippen molar-refractivity contribution >= 4 is 35.0 Å². The molecule has 0 fully saturated rings. The van der Waals surface area contributed by atoms with E-state index in [2.05, 4.69) is 27.5 Å². The Morgan fingerprint density at radius 2 is 2.08 bits per heavy atom. The Labute approximate surface area is 152 Å². The number of aromatic nitrogens is 2. The van der Waals surface area contributed by atoms with Crippen molar-refractivity contribution in [3.05, 3.63) is 36.0 Å². The maximum atomic E-state index is 11.6. The van der Waals surface area contributed by atoms with Crippen LogP contribution < -0.4 is 21.3 Å². The van der Waals surface area contributed by atoms with Crippen molar-refractivity contribution in [1.29, 1.82) is 0 Å². The second-order valence-corrected chi connectivity index (χ2v) is 5.85. The van der Waals surface area contributed by atoms with E-state index in [1.54, 1.807) is 11.9 Å². The Hall–Kier alpha value is -3.16. The minimum atomic E-state index is -0.583. The molecular weight excluding hydrogens is 332 g/mol. The first-order valence-corrected chi connectivity index (χ1v) is 8.44. The number of nitrogens with zero attached hydrogens (tertiary/aromatic N) is 3. The molecule has 0 radical (unpaired) electrons. The van der Waals surface area contributed by atoms with Crippen LogP contribution >= 0.6 is 0 Å². The summed E-state index contributed by atoms with van der Waals surface area (Å²) in [5.41, 5.74) is 7.10. The van der Waals surface area contributed by atoms with Gasteiger partial charge in [-0.3, -0.25) is 9.59 Å². The number of hydrogen-bond donors (Lipinski definition) is 3. The summed E-state index contributed by atoms with van der Waals surface area (Å²) in [4.78, 5) is 33.1. The lowest BCUT2D eigenvalue weighted by Crippen LogP contribution is -2.22. The van der Waals surface area contributed by atoms with E-state index >= 15 is 0 Å². The number of hydrogen-bond acceptors (Lipinski definition) is 6. The molecule has 1 aromatic carbocycles. The molecule has 2 amide bonds. The van der Waals surface area contributed by atoms with E-state index in [0.29, 0.717) is 18.3 Å². The molecule has 2 rings (SSSR count). The predicted octanol–water partition coefficient (Wildman–Crippen LogP) is 2.51. The first-order chi connectivity index (χ1) is 12.4. The molecule has 0 aliphatic heterocycles. The van der Waals surface area contributed by atoms with Gasteiger partial charge in [0.15, 0.2) is 0 Å². The zero-order valence-electron chi connectivity index (χ0n) is 15.2. The van der Waals surface area contributed by atoms with Crippen LogP contribution in [-0.4, -0.2) is 35.4 Å². The zero-order valence-corrected chi connectivity index (χ0v) is 15.2. The average Bonchev–Trinajstić information content (AvgIpc) is 2.61. The highest BCUT2D eigenvalue weighted by Crippen LogP contribution is 2.22. The Kier molecular flexibility index (Phi) is 6.48. The van der Waals surface area contributed by atoms with Crippen molar-refractivity contribution < 1.29 is 9.59 Å². The fourth-order valence-electron chi connectivity index (χ4n) is 2.24. The smallest absolute Gasteiger partial charge is 0.254 e. The minimum absolute atomic E-state index is 0.0633. The summed E-state index contributed by atoms with van der Waals surface area (Å²) in [7, 11) is 1.70. The van der Waals surface area contributed by atoms with Gasteiger partial charge >= 0.3 is 0 Å². The summed E-state index contributed by atoms with van der Waals surface area (Å²) < 4.78 is 0. The third-order valence-corrected chi connectivity index (χ3v) is 3.84. The molecular formula is C18H24N6O2. The molecule has 0 saturated carbocycles. The van der Waals surface area contributed by atoms with Crippen LogP contribution in [0.3, 0.4) is 0 Å². The molecule has 138 valence electrons.